The van der Waals surface area contributed by atoms with Crippen molar-refractivity contribution in [2.75, 3.05) is 59.2 Å². The van der Waals surface area contributed by atoms with Crippen molar-refractivity contribution in [2.45, 2.75) is 38.1 Å². The van der Waals surface area contributed by atoms with Gasteiger partial charge in [0.25, 0.3) is 0 Å². The van der Waals surface area contributed by atoms with Gasteiger partial charge in [0.1, 0.15) is 0 Å². The minimum Gasteiger partial charge on any atom is -0.381 e. The summed E-state index contributed by atoms with van der Waals surface area (Å²) in [4.78, 5) is 9.59. The second-order valence-corrected chi connectivity index (χ2v) is 6.94. The molecule has 6 heteroatoms. The van der Waals surface area contributed by atoms with E-state index >= 15 is 0 Å². The minimum atomic E-state index is 0.437. The average Bonchev–Trinajstić information content (AvgIpc) is 2.97. The summed E-state index contributed by atoms with van der Waals surface area (Å²) < 4.78 is 11.1. The lowest BCUT2D eigenvalue weighted by Crippen LogP contribution is -2.49. The lowest BCUT2D eigenvalue weighted by Gasteiger charge is -2.36. The molecule has 3 rings (SSSR count). The van der Waals surface area contributed by atoms with Gasteiger partial charge in [-0.2, -0.15) is 0 Å². The maximum atomic E-state index is 6.30. The molecule has 3 saturated heterocycles. The van der Waals surface area contributed by atoms with Crippen molar-refractivity contribution in [3.63, 3.8) is 0 Å². The van der Waals surface area contributed by atoms with Crippen LogP contribution in [-0.4, -0.2) is 81.0 Å². The van der Waals surface area contributed by atoms with Gasteiger partial charge >= 0.3 is 0 Å². The highest BCUT2D eigenvalue weighted by Gasteiger charge is 2.31. The Labute approximate surface area is 140 Å². The number of nitrogens with two attached hydrogens (primary N) is 1. The molecule has 0 aromatic rings. The van der Waals surface area contributed by atoms with Gasteiger partial charge in [-0.25, -0.2) is 0 Å². The number of guanidine groups is 1. The van der Waals surface area contributed by atoms with E-state index in [1.54, 1.807) is 0 Å². The molecule has 3 aliphatic heterocycles. The number of likely N-dealkylation sites (tertiary alicyclic amines) is 1. The van der Waals surface area contributed by atoms with Crippen LogP contribution in [0.2, 0.25) is 0 Å². The highest BCUT2D eigenvalue weighted by Crippen LogP contribution is 2.22. The van der Waals surface area contributed by atoms with Gasteiger partial charge in [0.15, 0.2) is 5.96 Å². The van der Waals surface area contributed by atoms with Crippen LogP contribution in [0, 0.1) is 5.92 Å². The maximum absolute atomic E-state index is 6.30. The van der Waals surface area contributed by atoms with Crippen molar-refractivity contribution in [2.24, 2.45) is 16.6 Å². The monoisotopic (exact) mass is 324 g/mol. The lowest BCUT2D eigenvalue weighted by atomic mass is 9.97. The summed E-state index contributed by atoms with van der Waals surface area (Å²) in [6, 6.07) is 0.437. The van der Waals surface area contributed by atoms with Gasteiger partial charge in [0.05, 0.1) is 26.4 Å². The fraction of sp³-hybridized carbons (Fsp3) is 0.941. The molecule has 0 spiro atoms. The van der Waals surface area contributed by atoms with Crippen molar-refractivity contribution in [3.05, 3.63) is 0 Å². The van der Waals surface area contributed by atoms with Gasteiger partial charge in [-0.15, -0.1) is 0 Å². The molecule has 132 valence electrons. The molecule has 0 aromatic carbocycles. The van der Waals surface area contributed by atoms with E-state index in [0.717, 1.165) is 71.5 Å². The highest BCUT2D eigenvalue weighted by molar-refractivity contribution is 5.78. The third-order valence-corrected chi connectivity index (χ3v) is 5.39. The molecule has 0 unspecified atom stereocenters. The van der Waals surface area contributed by atoms with Crippen molar-refractivity contribution < 1.29 is 9.47 Å². The van der Waals surface area contributed by atoms with Crippen LogP contribution >= 0.6 is 0 Å². The number of morpholine rings is 1. The SMILES string of the molecule is NC(=NC[C@@H]([C@@H]1CCOC1)N1CCOCC1)N1CCCCCC1. The summed E-state index contributed by atoms with van der Waals surface area (Å²) in [7, 11) is 0. The van der Waals surface area contributed by atoms with E-state index in [4.69, 9.17) is 20.2 Å². The Balaban J connectivity index is 1.60. The van der Waals surface area contributed by atoms with Gasteiger partial charge in [-0.3, -0.25) is 9.89 Å². The topological polar surface area (TPSA) is 63.3 Å². The first-order chi connectivity index (χ1) is 11.3. The minimum absolute atomic E-state index is 0.437. The standard InChI is InChI=1S/C17H32N4O2/c18-17(21-6-3-1-2-4-7-21)19-13-16(15-5-10-23-14-15)20-8-11-22-12-9-20/h15-16H,1-14H2,(H2,18,19)/t15-,16+/m1/s1. The van der Waals surface area contributed by atoms with Crippen LogP contribution in [0.25, 0.3) is 0 Å². The number of nitrogens with zero attached hydrogens (tertiary/aromatic N) is 3. The molecule has 0 aromatic heterocycles. The summed E-state index contributed by atoms with van der Waals surface area (Å²) in [5, 5.41) is 0. The third-order valence-electron chi connectivity index (χ3n) is 5.39. The van der Waals surface area contributed by atoms with E-state index in [1.807, 2.05) is 0 Å². The smallest absolute Gasteiger partial charge is 0.191 e. The van der Waals surface area contributed by atoms with Crippen molar-refractivity contribution in [1.29, 1.82) is 0 Å². The summed E-state index contributed by atoms with van der Waals surface area (Å²) >= 11 is 0. The van der Waals surface area contributed by atoms with E-state index in [1.165, 1.54) is 25.7 Å². The van der Waals surface area contributed by atoms with Gasteiger partial charge in [0.2, 0.25) is 0 Å². The Bertz CT molecular complexity index is 371. The highest BCUT2D eigenvalue weighted by atomic mass is 16.5. The van der Waals surface area contributed by atoms with Crippen LogP contribution in [0.15, 0.2) is 4.99 Å². The maximum Gasteiger partial charge on any atom is 0.191 e. The van der Waals surface area contributed by atoms with Crippen LogP contribution in [0.1, 0.15) is 32.1 Å². The molecule has 0 aliphatic carbocycles. The molecular formula is C17H32N4O2. The molecule has 3 aliphatic rings. The largest absolute Gasteiger partial charge is 0.381 e. The molecule has 3 heterocycles. The fourth-order valence-electron chi connectivity index (χ4n) is 3.91. The molecule has 0 bridgehead atoms. The lowest BCUT2D eigenvalue weighted by molar-refractivity contribution is 0.00365. The average molecular weight is 324 g/mol. The van der Waals surface area contributed by atoms with Gasteiger partial charge in [-0.05, 0) is 19.3 Å². The van der Waals surface area contributed by atoms with Crippen LogP contribution in [0.4, 0.5) is 0 Å². The molecule has 0 amide bonds. The third kappa shape index (κ3) is 4.81. The van der Waals surface area contributed by atoms with Crippen LogP contribution in [0.5, 0.6) is 0 Å². The zero-order valence-electron chi connectivity index (χ0n) is 14.3. The molecule has 23 heavy (non-hydrogen) atoms. The van der Waals surface area contributed by atoms with Gasteiger partial charge in [0, 0.05) is 44.7 Å². The Kier molecular flexibility index (Phi) is 6.54. The van der Waals surface area contributed by atoms with Crippen molar-refractivity contribution in [3.8, 4) is 0 Å². The number of rotatable bonds is 4. The predicted octanol–water partition coefficient (Wildman–Crippen LogP) is 0.914. The first kappa shape index (κ1) is 17.0. The van der Waals surface area contributed by atoms with E-state index in [2.05, 4.69) is 9.80 Å². The van der Waals surface area contributed by atoms with E-state index in [0.29, 0.717) is 12.0 Å². The summed E-state index contributed by atoms with van der Waals surface area (Å²) in [5.41, 5.74) is 6.30. The molecule has 0 saturated carbocycles. The number of aliphatic imine (C=N–C) groups is 1. The molecule has 0 radical (unpaired) electrons. The van der Waals surface area contributed by atoms with Crippen LogP contribution < -0.4 is 5.73 Å². The second kappa shape index (κ2) is 8.85. The Hall–Kier alpha value is -0.850. The Morgan fingerprint density at radius 2 is 1.74 bits per heavy atom. The van der Waals surface area contributed by atoms with Crippen molar-refractivity contribution in [1.82, 2.24) is 9.80 Å². The number of hydrogen-bond acceptors (Lipinski definition) is 4. The Morgan fingerprint density at radius 1 is 1.00 bits per heavy atom. The second-order valence-electron chi connectivity index (χ2n) is 6.94. The molecular weight excluding hydrogens is 292 g/mol. The van der Waals surface area contributed by atoms with E-state index in [-0.39, 0.29) is 0 Å². The zero-order valence-corrected chi connectivity index (χ0v) is 14.3. The summed E-state index contributed by atoms with van der Waals surface area (Å²) in [6.45, 7) is 8.31. The zero-order chi connectivity index (χ0) is 15.9. The summed E-state index contributed by atoms with van der Waals surface area (Å²) in [5.74, 6) is 1.32. The first-order valence-corrected chi connectivity index (χ1v) is 9.29. The van der Waals surface area contributed by atoms with E-state index in [9.17, 15) is 0 Å². The fourth-order valence-corrected chi connectivity index (χ4v) is 3.91. The van der Waals surface area contributed by atoms with Crippen molar-refractivity contribution >= 4 is 5.96 Å². The normalized spacial score (nSPS) is 29.5. The number of ether oxygens (including phenoxy) is 2. The van der Waals surface area contributed by atoms with Gasteiger partial charge < -0.3 is 20.1 Å². The quantitative estimate of drug-likeness (QED) is 0.615. The molecule has 2 atom stereocenters. The molecule has 3 fully saturated rings. The molecule has 6 nitrogen and oxygen atoms in total. The summed E-state index contributed by atoms with van der Waals surface area (Å²) in [6.07, 6.45) is 6.25. The Morgan fingerprint density at radius 3 is 2.39 bits per heavy atom. The van der Waals surface area contributed by atoms with Crippen LogP contribution in [-0.2, 0) is 9.47 Å². The van der Waals surface area contributed by atoms with E-state index < -0.39 is 0 Å². The van der Waals surface area contributed by atoms with Gasteiger partial charge in [-0.1, -0.05) is 12.8 Å². The first-order valence-electron chi connectivity index (χ1n) is 9.29. The number of hydrogen-bond donors (Lipinski definition) is 1. The molecule has 2 N–H and O–H groups in total. The van der Waals surface area contributed by atoms with Crippen LogP contribution in [0.3, 0.4) is 0 Å². The predicted molar refractivity (Wildman–Crippen MR) is 91.6 cm³/mol.